The van der Waals surface area contributed by atoms with E-state index in [0.29, 0.717) is 0 Å². The first-order valence-corrected chi connectivity index (χ1v) is 7.87. The van der Waals surface area contributed by atoms with Crippen LogP contribution in [0.3, 0.4) is 0 Å². The molecule has 1 N–H and O–H groups in total. The molecule has 0 spiro atoms. The van der Waals surface area contributed by atoms with Crippen molar-refractivity contribution in [2.45, 2.75) is 39.2 Å². The summed E-state index contributed by atoms with van der Waals surface area (Å²) in [5, 5.41) is 3.35. The Hall–Kier alpha value is -1.29. The molecule has 0 bridgehead atoms. The fraction of sp³-hybridized carbons (Fsp3) is 0.438. The Kier molecular flexibility index (Phi) is 3.36. The van der Waals surface area contributed by atoms with Crippen molar-refractivity contribution in [1.82, 2.24) is 9.55 Å². The summed E-state index contributed by atoms with van der Waals surface area (Å²) in [7, 11) is 0. The molecular formula is C16H20BrN3. The van der Waals surface area contributed by atoms with E-state index in [2.05, 4.69) is 70.9 Å². The lowest BCUT2D eigenvalue weighted by molar-refractivity contribution is 0.590. The van der Waals surface area contributed by atoms with Crippen LogP contribution in [0.15, 0.2) is 28.9 Å². The highest BCUT2D eigenvalue weighted by Gasteiger charge is 2.19. The molecule has 2 aromatic rings. The van der Waals surface area contributed by atoms with E-state index in [1.807, 2.05) is 0 Å². The molecule has 4 heteroatoms. The van der Waals surface area contributed by atoms with Crippen molar-refractivity contribution in [2.75, 3.05) is 11.9 Å². The van der Waals surface area contributed by atoms with Gasteiger partial charge in [0.05, 0.1) is 0 Å². The lowest BCUT2D eigenvalue weighted by atomic mass is 9.86. The number of nitrogens with one attached hydrogen (secondary N) is 1. The Morgan fingerprint density at radius 2 is 1.90 bits per heavy atom. The standard InChI is InChI=1S/C16H20BrN3/c1-16(2,3)12-7-5-11(6-8-12)13-14(17)20-10-4-9-18-15(20)19-13/h5-8H,4,9-10H2,1-3H3,(H,18,19). The summed E-state index contributed by atoms with van der Waals surface area (Å²) in [6.45, 7) is 8.73. The summed E-state index contributed by atoms with van der Waals surface area (Å²) in [6.07, 6.45) is 1.14. The van der Waals surface area contributed by atoms with E-state index in [4.69, 9.17) is 4.98 Å². The van der Waals surface area contributed by atoms with Crippen molar-refractivity contribution >= 4 is 21.9 Å². The molecule has 3 rings (SSSR count). The number of benzene rings is 1. The fourth-order valence-corrected chi connectivity index (χ4v) is 3.18. The second-order valence-corrected chi connectivity index (χ2v) is 7.09. The summed E-state index contributed by atoms with van der Waals surface area (Å²) in [4.78, 5) is 4.72. The molecular weight excluding hydrogens is 314 g/mol. The van der Waals surface area contributed by atoms with Gasteiger partial charge in [0.1, 0.15) is 10.3 Å². The summed E-state index contributed by atoms with van der Waals surface area (Å²) in [5.41, 5.74) is 3.72. The quantitative estimate of drug-likeness (QED) is 0.836. The van der Waals surface area contributed by atoms with Crippen LogP contribution in [0.4, 0.5) is 5.95 Å². The van der Waals surface area contributed by atoms with E-state index in [-0.39, 0.29) is 5.41 Å². The van der Waals surface area contributed by atoms with Gasteiger partial charge in [-0.05, 0) is 33.3 Å². The molecule has 1 aliphatic rings. The largest absolute Gasteiger partial charge is 0.356 e. The highest BCUT2D eigenvalue weighted by molar-refractivity contribution is 9.10. The maximum absolute atomic E-state index is 4.72. The predicted octanol–water partition coefficient (Wildman–Crippen LogP) is 4.43. The molecule has 0 radical (unpaired) electrons. The topological polar surface area (TPSA) is 29.9 Å². The van der Waals surface area contributed by atoms with Gasteiger partial charge in [-0.2, -0.15) is 0 Å². The van der Waals surface area contributed by atoms with Crippen LogP contribution < -0.4 is 5.32 Å². The monoisotopic (exact) mass is 333 g/mol. The molecule has 0 amide bonds. The highest BCUT2D eigenvalue weighted by Crippen LogP contribution is 2.33. The van der Waals surface area contributed by atoms with Gasteiger partial charge in [0, 0.05) is 18.7 Å². The molecule has 106 valence electrons. The molecule has 0 saturated heterocycles. The van der Waals surface area contributed by atoms with E-state index in [9.17, 15) is 0 Å². The molecule has 0 unspecified atom stereocenters. The van der Waals surface area contributed by atoms with Crippen LogP contribution in [0.5, 0.6) is 0 Å². The number of fused-ring (bicyclic) bond motifs is 1. The van der Waals surface area contributed by atoms with Crippen LogP contribution in [0.1, 0.15) is 32.8 Å². The van der Waals surface area contributed by atoms with Gasteiger partial charge in [-0.15, -0.1) is 0 Å². The Morgan fingerprint density at radius 3 is 2.50 bits per heavy atom. The van der Waals surface area contributed by atoms with E-state index >= 15 is 0 Å². The zero-order valence-corrected chi connectivity index (χ0v) is 13.8. The van der Waals surface area contributed by atoms with Gasteiger partial charge < -0.3 is 9.88 Å². The van der Waals surface area contributed by atoms with Crippen molar-refractivity contribution in [2.24, 2.45) is 0 Å². The van der Waals surface area contributed by atoms with Gasteiger partial charge >= 0.3 is 0 Å². The van der Waals surface area contributed by atoms with Gasteiger partial charge in [-0.1, -0.05) is 45.0 Å². The van der Waals surface area contributed by atoms with Crippen LogP contribution >= 0.6 is 15.9 Å². The molecule has 0 fully saturated rings. The normalized spacial score (nSPS) is 14.8. The smallest absolute Gasteiger partial charge is 0.204 e. The molecule has 3 nitrogen and oxygen atoms in total. The van der Waals surface area contributed by atoms with E-state index in [0.717, 1.165) is 41.3 Å². The molecule has 1 aliphatic heterocycles. The lowest BCUT2D eigenvalue weighted by Crippen LogP contribution is -2.17. The number of imidazole rings is 1. The minimum atomic E-state index is 0.185. The van der Waals surface area contributed by atoms with Crippen molar-refractivity contribution in [3.63, 3.8) is 0 Å². The SMILES string of the molecule is CC(C)(C)c1ccc(-c2nc3n(c2Br)CCCN3)cc1. The van der Waals surface area contributed by atoms with E-state index in [1.54, 1.807) is 0 Å². The summed E-state index contributed by atoms with van der Waals surface area (Å²) < 4.78 is 3.28. The van der Waals surface area contributed by atoms with Gasteiger partial charge in [0.15, 0.2) is 0 Å². The maximum atomic E-state index is 4.72. The number of hydrogen-bond donors (Lipinski definition) is 1. The molecule has 1 aromatic carbocycles. The van der Waals surface area contributed by atoms with Crippen molar-refractivity contribution in [1.29, 1.82) is 0 Å². The first kappa shape index (κ1) is 13.7. The number of nitrogens with zero attached hydrogens (tertiary/aromatic N) is 2. The first-order chi connectivity index (χ1) is 9.47. The first-order valence-electron chi connectivity index (χ1n) is 7.07. The van der Waals surface area contributed by atoms with Crippen LogP contribution in [-0.2, 0) is 12.0 Å². The number of hydrogen-bond acceptors (Lipinski definition) is 2. The molecule has 0 saturated carbocycles. The van der Waals surface area contributed by atoms with Gasteiger partial charge in [-0.25, -0.2) is 4.98 Å². The summed E-state index contributed by atoms with van der Waals surface area (Å²) in [6, 6.07) is 8.74. The van der Waals surface area contributed by atoms with Gasteiger partial charge in [0.25, 0.3) is 0 Å². The molecule has 0 atom stereocenters. The molecule has 1 aromatic heterocycles. The van der Waals surface area contributed by atoms with Gasteiger partial charge in [-0.3, -0.25) is 0 Å². The minimum absolute atomic E-state index is 0.185. The number of rotatable bonds is 1. The zero-order chi connectivity index (χ0) is 14.3. The number of halogens is 1. The molecule has 0 aliphatic carbocycles. The maximum Gasteiger partial charge on any atom is 0.204 e. The van der Waals surface area contributed by atoms with Crippen molar-refractivity contribution < 1.29 is 0 Å². The third-order valence-corrected chi connectivity index (χ3v) is 4.58. The van der Waals surface area contributed by atoms with Crippen LogP contribution in [-0.4, -0.2) is 16.1 Å². The third kappa shape index (κ3) is 2.37. The van der Waals surface area contributed by atoms with Crippen LogP contribution in [0, 0.1) is 0 Å². The third-order valence-electron chi connectivity index (χ3n) is 3.77. The van der Waals surface area contributed by atoms with Crippen molar-refractivity contribution in [3.05, 3.63) is 34.4 Å². The molecule has 20 heavy (non-hydrogen) atoms. The predicted molar refractivity (Wildman–Crippen MR) is 87.2 cm³/mol. The van der Waals surface area contributed by atoms with Gasteiger partial charge in [0.2, 0.25) is 5.95 Å². The second kappa shape index (κ2) is 4.92. The fourth-order valence-electron chi connectivity index (χ4n) is 2.52. The average Bonchev–Trinajstić information content (AvgIpc) is 2.76. The Labute approximate surface area is 128 Å². The lowest BCUT2D eigenvalue weighted by Gasteiger charge is -2.19. The second-order valence-electron chi connectivity index (χ2n) is 6.33. The average molecular weight is 334 g/mol. The van der Waals surface area contributed by atoms with E-state index in [1.165, 1.54) is 5.56 Å². The Bertz CT molecular complexity index is 620. The Balaban J connectivity index is 1.99. The Morgan fingerprint density at radius 1 is 1.20 bits per heavy atom. The summed E-state index contributed by atoms with van der Waals surface area (Å²) in [5.74, 6) is 0.970. The highest BCUT2D eigenvalue weighted by atomic mass is 79.9. The van der Waals surface area contributed by atoms with Crippen LogP contribution in [0.25, 0.3) is 11.3 Å². The zero-order valence-electron chi connectivity index (χ0n) is 12.2. The van der Waals surface area contributed by atoms with Crippen molar-refractivity contribution in [3.8, 4) is 11.3 Å². The number of anilines is 1. The van der Waals surface area contributed by atoms with E-state index < -0.39 is 0 Å². The summed E-state index contributed by atoms with van der Waals surface area (Å²) >= 11 is 3.69. The van der Waals surface area contributed by atoms with Crippen LogP contribution in [0.2, 0.25) is 0 Å². The minimum Gasteiger partial charge on any atom is -0.356 e. The molecule has 2 heterocycles. The number of aromatic nitrogens is 2.